The van der Waals surface area contributed by atoms with E-state index in [0.29, 0.717) is 0 Å². The highest BCUT2D eigenvalue weighted by molar-refractivity contribution is 5.81. The molecule has 0 aliphatic heterocycles. The lowest BCUT2D eigenvalue weighted by Gasteiger charge is -2.31. The number of aromatic amines is 2. The molecule has 0 bridgehead atoms. The maximum absolute atomic E-state index is 11.4. The third-order valence-electron chi connectivity index (χ3n) is 2.37. The van der Waals surface area contributed by atoms with Crippen LogP contribution in [0.3, 0.4) is 0 Å². The number of carbonyl (C=O) groups is 1. The Morgan fingerprint density at radius 2 is 2.00 bits per heavy atom. The zero-order valence-corrected chi connectivity index (χ0v) is 9.07. The van der Waals surface area contributed by atoms with Gasteiger partial charge in [0, 0.05) is 7.05 Å². The lowest BCUT2D eigenvalue weighted by Crippen LogP contribution is -2.51. The lowest BCUT2D eigenvalue weighted by molar-refractivity contribution is -0.142. The smallest absolute Gasteiger partial charge is 0.342 e. The van der Waals surface area contributed by atoms with Gasteiger partial charge in [-0.2, -0.15) is 0 Å². The molecule has 0 radical (unpaired) electrons. The van der Waals surface area contributed by atoms with Crippen molar-refractivity contribution in [2.75, 3.05) is 11.9 Å². The molecule has 0 fully saturated rings. The van der Waals surface area contributed by atoms with Gasteiger partial charge in [-0.1, -0.05) is 0 Å². The van der Waals surface area contributed by atoms with Crippen LogP contribution in [-0.4, -0.2) is 38.8 Å². The van der Waals surface area contributed by atoms with Crippen LogP contribution in [0.1, 0.15) is 13.8 Å². The van der Waals surface area contributed by atoms with Crippen molar-refractivity contribution in [1.82, 2.24) is 15.2 Å². The third-order valence-corrected chi connectivity index (χ3v) is 2.37. The first-order chi connectivity index (χ1) is 7.26. The molecule has 0 saturated heterocycles. The molecular formula is C8H12N4O4. The number of aliphatic carboxylic acids is 1. The van der Waals surface area contributed by atoms with Crippen molar-refractivity contribution < 1.29 is 9.90 Å². The van der Waals surface area contributed by atoms with Crippen LogP contribution in [0.25, 0.3) is 0 Å². The fourth-order valence-electron chi connectivity index (χ4n) is 0.977. The molecule has 3 N–H and O–H groups in total. The Hall–Kier alpha value is -2.12. The molecular weight excluding hydrogens is 216 g/mol. The number of carboxylic acid groups (broad SMARTS) is 1. The summed E-state index contributed by atoms with van der Waals surface area (Å²) in [5.41, 5.74) is -2.78. The zero-order chi connectivity index (χ0) is 12.5. The van der Waals surface area contributed by atoms with Crippen molar-refractivity contribution in [1.29, 1.82) is 0 Å². The molecule has 0 unspecified atom stereocenters. The number of carboxylic acids is 1. The Morgan fingerprint density at radius 3 is 2.44 bits per heavy atom. The van der Waals surface area contributed by atoms with E-state index in [-0.39, 0.29) is 5.82 Å². The highest BCUT2D eigenvalue weighted by Gasteiger charge is 2.34. The molecule has 1 aromatic heterocycles. The van der Waals surface area contributed by atoms with Gasteiger partial charge in [-0.15, -0.1) is 5.10 Å². The van der Waals surface area contributed by atoms with Gasteiger partial charge in [-0.05, 0) is 13.8 Å². The molecule has 0 atom stereocenters. The molecule has 0 amide bonds. The second kappa shape index (κ2) is 3.80. The van der Waals surface area contributed by atoms with E-state index in [2.05, 4.69) is 5.10 Å². The Morgan fingerprint density at radius 1 is 1.44 bits per heavy atom. The maximum Gasteiger partial charge on any atom is 0.342 e. The van der Waals surface area contributed by atoms with Crippen molar-refractivity contribution in [3.8, 4) is 0 Å². The largest absolute Gasteiger partial charge is 0.480 e. The number of nitrogens with zero attached hydrogens (tertiary/aromatic N) is 2. The first-order valence-corrected chi connectivity index (χ1v) is 4.43. The molecule has 1 heterocycles. The topological polar surface area (TPSA) is 119 Å². The van der Waals surface area contributed by atoms with E-state index in [0.717, 1.165) is 0 Å². The van der Waals surface area contributed by atoms with Crippen molar-refractivity contribution in [3.63, 3.8) is 0 Å². The van der Waals surface area contributed by atoms with Crippen LogP contribution in [0.2, 0.25) is 0 Å². The summed E-state index contributed by atoms with van der Waals surface area (Å²) in [6, 6.07) is 0. The molecule has 0 aromatic carbocycles. The number of aromatic nitrogens is 3. The first-order valence-electron chi connectivity index (χ1n) is 4.43. The van der Waals surface area contributed by atoms with Crippen molar-refractivity contribution >= 4 is 11.8 Å². The van der Waals surface area contributed by atoms with Crippen LogP contribution in [0.5, 0.6) is 0 Å². The predicted octanol–water partition coefficient (Wildman–Crippen LogP) is -1.24. The van der Waals surface area contributed by atoms with Crippen LogP contribution in [0.4, 0.5) is 5.82 Å². The quantitative estimate of drug-likeness (QED) is 0.595. The molecule has 8 nitrogen and oxygen atoms in total. The first kappa shape index (κ1) is 12.0. The number of hydrogen-bond acceptors (Lipinski definition) is 5. The minimum absolute atomic E-state index is 0.160. The second-order valence-electron chi connectivity index (χ2n) is 3.75. The van der Waals surface area contributed by atoms with Gasteiger partial charge in [-0.3, -0.25) is 9.78 Å². The summed E-state index contributed by atoms with van der Waals surface area (Å²) in [7, 11) is 1.41. The van der Waals surface area contributed by atoms with E-state index in [1.807, 2.05) is 10.1 Å². The van der Waals surface area contributed by atoms with Gasteiger partial charge in [-0.25, -0.2) is 14.7 Å². The number of nitrogens with one attached hydrogen (secondary N) is 2. The zero-order valence-electron chi connectivity index (χ0n) is 9.07. The standard InChI is InChI=1S/C8H12N4O4/c1-8(2,6(14)15)12(3)4-5(13)9-7(16)11-10-4/h1-3H3,(H,14,15)(H2,9,11,13,16). The van der Waals surface area contributed by atoms with E-state index in [1.54, 1.807) is 0 Å². The lowest BCUT2D eigenvalue weighted by atomic mass is 10.0. The summed E-state index contributed by atoms with van der Waals surface area (Å²) in [6.45, 7) is 2.84. The number of anilines is 1. The van der Waals surface area contributed by atoms with Crippen LogP contribution in [-0.2, 0) is 4.79 Å². The van der Waals surface area contributed by atoms with Crippen molar-refractivity contribution in [2.24, 2.45) is 0 Å². The normalized spacial score (nSPS) is 11.2. The Kier molecular flexibility index (Phi) is 2.84. The van der Waals surface area contributed by atoms with Gasteiger partial charge in [0.15, 0.2) is 0 Å². The summed E-state index contributed by atoms with van der Waals surface area (Å²) in [5.74, 6) is -1.27. The van der Waals surface area contributed by atoms with Crippen LogP contribution in [0, 0.1) is 0 Å². The molecule has 0 saturated carbocycles. The van der Waals surface area contributed by atoms with Crippen LogP contribution < -0.4 is 16.1 Å². The summed E-state index contributed by atoms with van der Waals surface area (Å²) in [4.78, 5) is 36.2. The van der Waals surface area contributed by atoms with Crippen LogP contribution >= 0.6 is 0 Å². The number of H-pyrrole nitrogens is 2. The van der Waals surface area contributed by atoms with Gasteiger partial charge in [0.1, 0.15) is 5.54 Å². The Bertz CT molecular complexity index is 515. The van der Waals surface area contributed by atoms with Gasteiger partial charge in [0.25, 0.3) is 5.56 Å². The van der Waals surface area contributed by atoms with E-state index in [9.17, 15) is 14.4 Å². The molecule has 1 aromatic rings. The summed E-state index contributed by atoms with van der Waals surface area (Å²) in [6.07, 6.45) is 0. The van der Waals surface area contributed by atoms with Crippen molar-refractivity contribution in [2.45, 2.75) is 19.4 Å². The van der Waals surface area contributed by atoms with Gasteiger partial charge < -0.3 is 10.0 Å². The van der Waals surface area contributed by atoms with E-state index < -0.39 is 22.8 Å². The highest BCUT2D eigenvalue weighted by Crippen LogP contribution is 2.15. The third kappa shape index (κ3) is 1.95. The fraction of sp³-hybridized carbons (Fsp3) is 0.500. The minimum Gasteiger partial charge on any atom is -0.480 e. The van der Waals surface area contributed by atoms with E-state index >= 15 is 0 Å². The van der Waals surface area contributed by atoms with Gasteiger partial charge in [0.05, 0.1) is 0 Å². The Balaban J connectivity index is 3.25. The molecule has 88 valence electrons. The van der Waals surface area contributed by atoms with Gasteiger partial charge >= 0.3 is 11.7 Å². The maximum atomic E-state index is 11.4. The molecule has 1 rings (SSSR count). The number of rotatable bonds is 3. The second-order valence-corrected chi connectivity index (χ2v) is 3.75. The molecule has 8 heteroatoms. The summed E-state index contributed by atoms with van der Waals surface area (Å²) >= 11 is 0. The molecule has 16 heavy (non-hydrogen) atoms. The predicted molar refractivity (Wildman–Crippen MR) is 55.6 cm³/mol. The average molecular weight is 228 g/mol. The summed E-state index contributed by atoms with van der Waals surface area (Å²) < 4.78 is 0. The molecule has 0 spiro atoms. The minimum atomic E-state index is -1.31. The van der Waals surface area contributed by atoms with E-state index in [1.165, 1.54) is 25.8 Å². The SMILES string of the molecule is CN(c1n[nH]c(=O)[nH]c1=O)C(C)(C)C(=O)O. The number of likely N-dealkylation sites (N-methyl/N-ethyl adjacent to an activating group) is 1. The molecule has 0 aliphatic rings. The van der Waals surface area contributed by atoms with Crippen molar-refractivity contribution in [3.05, 3.63) is 20.8 Å². The van der Waals surface area contributed by atoms with Crippen LogP contribution in [0.15, 0.2) is 9.59 Å². The summed E-state index contributed by atoms with van der Waals surface area (Å²) in [5, 5.41) is 14.5. The molecule has 0 aliphatic carbocycles. The average Bonchev–Trinajstić information content (AvgIpc) is 2.16. The van der Waals surface area contributed by atoms with Gasteiger partial charge in [0.2, 0.25) is 5.82 Å². The monoisotopic (exact) mass is 228 g/mol. The van der Waals surface area contributed by atoms with E-state index in [4.69, 9.17) is 5.11 Å². The highest BCUT2D eigenvalue weighted by atomic mass is 16.4. The fourth-order valence-corrected chi connectivity index (χ4v) is 0.977. The Labute approximate surface area is 89.9 Å². The number of hydrogen-bond donors (Lipinski definition) is 3.